The van der Waals surface area contributed by atoms with Crippen LogP contribution in [0.3, 0.4) is 0 Å². The fraction of sp³-hybridized carbons (Fsp3) is 0.438. The van der Waals surface area contributed by atoms with E-state index in [9.17, 15) is 5.11 Å². The first kappa shape index (κ1) is 14.9. The van der Waals surface area contributed by atoms with Gasteiger partial charge < -0.3 is 5.11 Å². The van der Waals surface area contributed by atoms with Crippen molar-refractivity contribution in [3.05, 3.63) is 34.0 Å². The summed E-state index contributed by atoms with van der Waals surface area (Å²) in [4.78, 5) is 14.1. The van der Waals surface area contributed by atoms with Gasteiger partial charge in [-0.25, -0.2) is 9.97 Å². The van der Waals surface area contributed by atoms with Crippen LogP contribution in [0, 0.1) is 18.8 Å². The van der Waals surface area contributed by atoms with Crippen LogP contribution >= 0.6 is 11.3 Å². The molecule has 2 aromatic heterocycles. The van der Waals surface area contributed by atoms with Gasteiger partial charge in [-0.05, 0) is 32.1 Å². The Kier molecular flexibility index (Phi) is 4.66. The van der Waals surface area contributed by atoms with Crippen molar-refractivity contribution in [2.75, 3.05) is 18.1 Å². The quantitative estimate of drug-likeness (QED) is 0.851. The number of piperidine rings is 1. The summed E-state index contributed by atoms with van der Waals surface area (Å²) in [5.74, 6) is 6.90. The van der Waals surface area contributed by atoms with Gasteiger partial charge in [0, 0.05) is 5.38 Å². The second-order valence-electron chi connectivity index (χ2n) is 5.35. The number of aryl methyl sites for hydroxylation is 1. The summed E-state index contributed by atoms with van der Waals surface area (Å²) in [5.41, 5.74) is 1.62. The van der Waals surface area contributed by atoms with Crippen molar-refractivity contribution in [3.63, 3.8) is 0 Å². The zero-order valence-corrected chi connectivity index (χ0v) is 13.4. The molecule has 1 atom stereocenters. The number of aromatic nitrogens is 3. The molecule has 0 saturated carbocycles. The van der Waals surface area contributed by atoms with Crippen molar-refractivity contribution in [1.82, 2.24) is 9.97 Å². The molecule has 1 unspecified atom stereocenters. The zero-order valence-electron chi connectivity index (χ0n) is 12.5. The number of nitrogens with zero attached hydrogens (tertiary/aromatic N) is 3. The highest BCUT2D eigenvalue weighted by Crippen LogP contribution is 2.19. The maximum atomic E-state index is 9.48. The van der Waals surface area contributed by atoms with E-state index in [1.807, 2.05) is 18.5 Å². The van der Waals surface area contributed by atoms with Gasteiger partial charge in [0.15, 0.2) is 0 Å². The van der Waals surface area contributed by atoms with Crippen molar-refractivity contribution in [3.8, 4) is 11.8 Å². The topological polar surface area (TPSA) is 63.4 Å². The Balaban J connectivity index is 1.74. The molecule has 0 radical (unpaired) electrons. The Morgan fingerprint density at radius 2 is 2.36 bits per heavy atom. The number of aliphatic hydroxyl groups is 1. The van der Waals surface area contributed by atoms with Gasteiger partial charge in [-0.3, -0.25) is 4.90 Å². The van der Waals surface area contributed by atoms with E-state index < -0.39 is 0 Å². The zero-order chi connectivity index (χ0) is 15.4. The third-order valence-corrected chi connectivity index (χ3v) is 4.52. The highest BCUT2D eigenvalue weighted by molar-refractivity contribution is 7.09. The lowest BCUT2D eigenvalue weighted by molar-refractivity contribution is -0.369. The predicted molar refractivity (Wildman–Crippen MR) is 85.7 cm³/mol. The van der Waals surface area contributed by atoms with E-state index >= 15 is 0 Å². The third kappa shape index (κ3) is 3.43. The fourth-order valence-corrected chi connectivity index (χ4v) is 3.14. The minimum absolute atomic E-state index is 0.160. The number of aliphatic hydroxyl groups excluding tert-OH is 1. The number of rotatable bonds is 2. The molecule has 6 heteroatoms. The van der Waals surface area contributed by atoms with E-state index in [2.05, 4.69) is 31.7 Å². The van der Waals surface area contributed by atoms with Gasteiger partial charge in [0.1, 0.15) is 17.9 Å². The molecule has 3 heterocycles. The molecule has 1 saturated heterocycles. The number of aromatic amines is 1. The standard InChI is InChI=1S/C16H18N4OS/c1-12-19-14(11-22-12)6-5-13-8-17-16(18-9-13)20-7-3-2-4-15(20)10-21/h8-9,11,15,21H,2-4,7,10H2,1H3/p+1. The van der Waals surface area contributed by atoms with Gasteiger partial charge >= 0.3 is 5.95 Å². The number of anilines is 1. The molecule has 1 aliphatic heterocycles. The predicted octanol–water partition coefficient (Wildman–Crippen LogP) is 1.41. The minimum Gasteiger partial charge on any atom is -0.393 e. The second kappa shape index (κ2) is 6.86. The molecular weight excluding hydrogens is 296 g/mol. The fourth-order valence-electron chi connectivity index (χ4n) is 2.60. The summed E-state index contributed by atoms with van der Waals surface area (Å²) in [5, 5.41) is 12.4. The SMILES string of the molecule is Cc1nc(C#Cc2cnc(N3CCCCC3CO)[nH+]c2)cs1. The number of thiazole rings is 1. The summed E-state index contributed by atoms with van der Waals surface area (Å²) >= 11 is 1.60. The monoisotopic (exact) mass is 315 g/mol. The van der Waals surface area contributed by atoms with Crippen LogP contribution < -0.4 is 9.88 Å². The highest BCUT2D eigenvalue weighted by atomic mass is 32.1. The van der Waals surface area contributed by atoms with E-state index in [0.29, 0.717) is 0 Å². The van der Waals surface area contributed by atoms with Crippen LogP contribution in [0.4, 0.5) is 5.95 Å². The molecule has 0 spiro atoms. The molecule has 5 nitrogen and oxygen atoms in total. The van der Waals surface area contributed by atoms with Crippen LogP contribution in [-0.2, 0) is 0 Å². The van der Waals surface area contributed by atoms with Crippen molar-refractivity contribution in [2.45, 2.75) is 32.2 Å². The first-order chi connectivity index (χ1) is 10.8. The van der Waals surface area contributed by atoms with E-state index in [-0.39, 0.29) is 12.6 Å². The Bertz CT molecular complexity index is 686. The lowest BCUT2D eigenvalue weighted by atomic mass is 10.0. The molecule has 114 valence electrons. The van der Waals surface area contributed by atoms with E-state index in [1.165, 1.54) is 6.42 Å². The molecule has 0 aromatic carbocycles. The number of nitrogens with one attached hydrogen (secondary N) is 1. The normalized spacial score (nSPS) is 17.9. The van der Waals surface area contributed by atoms with E-state index in [4.69, 9.17) is 0 Å². The Morgan fingerprint density at radius 1 is 1.45 bits per heavy atom. The molecule has 1 fully saturated rings. The maximum absolute atomic E-state index is 9.48. The molecule has 2 N–H and O–H groups in total. The summed E-state index contributed by atoms with van der Waals surface area (Å²) in [7, 11) is 0. The minimum atomic E-state index is 0.160. The Hall–Kier alpha value is -1.97. The first-order valence-electron chi connectivity index (χ1n) is 7.45. The average Bonchev–Trinajstić information content (AvgIpc) is 2.99. The summed E-state index contributed by atoms with van der Waals surface area (Å²) < 4.78 is 0. The van der Waals surface area contributed by atoms with Gasteiger partial charge in [-0.2, -0.15) is 0 Å². The maximum Gasteiger partial charge on any atom is 0.391 e. The largest absolute Gasteiger partial charge is 0.393 e. The number of hydrogen-bond acceptors (Lipinski definition) is 5. The molecule has 22 heavy (non-hydrogen) atoms. The van der Waals surface area contributed by atoms with Gasteiger partial charge in [0.05, 0.1) is 29.9 Å². The Morgan fingerprint density at radius 3 is 3.05 bits per heavy atom. The average molecular weight is 315 g/mol. The summed E-state index contributed by atoms with van der Waals surface area (Å²) in [6.07, 6.45) is 6.94. The van der Waals surface area contributed by atoms with Gasteiger partial charge in [-0.15, -0.1) is 11.3 Å². The lowest BCUT2D eigenvalue weighted by Crippen LogP contribution is -2.45. The van der Waals surface area contributed by atoms with Gasteiger partial charge in [-0.1, -0.05) is 10.9 Å². The smallest absolute Gasteiger partial charge is 0.391 e. The molecule has 0 aliphatic carbocycles. The van der Waals surface area contributed by atoms with Crippen molar-refractivity contribution < 1.29 is 10.1 Å². The highest BCUT2D eigenvalue weighted by Gasteiger charge is 2.29. The van der Waals surface area contributed by atoms with E-state index in [1.54, 1.807) is 17.5 Å². The Labute approximate surface area is 134 Å². The van der Waals surface area contributed by atoms with Crippen molar-refractivity contribution >= 4 is 17.3 Å². The van der Waals surface area contributed by atoms with Crippen LogP contribution in [0.25, 0.3) is 0 Å². The van der Waals surface area contributed by atoms with Gasteiger partial charge in [0.2, 0.25) is 0 Å². The van der Waals surface area contributed by atoms with Gasteiger partial charge in [0.25, 0.3) is 0 Å². The summed E-state index contributed by atoms with van der Waals surface area (Å²) in [6.45, 7) is 3.06. The van der Waals surface area contributed by atoms with Crippen molar-refractivity contribution in [1.29, 1.82) is 0 Å². The molecule has 2 aromatic rings. The van der Waals surface area contributed by atoms with Crippen LogP contribution in [0.1, 0.15) is 35.5 Å². The van der Waals surface area contributed by atoms with Crippen LogP contribution in [0.5, 0.6) is 0 Å². The van der Waals surface area contributed by atoms with Crippen LogP contribution in [0.15, 0.2) is 17.8 Å². The first-order valence-corrected chi connectivity index (χ1v) is 8.33. The number of hydrogen-bond donors (Lipinski definition) is 1. The molecule has 3 rings (SSSR count). The molecule has 0 amide bonds. The van der Waals surface area contributed by atoms with E-state index in [0.717, 1.165) is 41.6 Å². The second-order valence-corrected chi connectivity index (χ2v) is 6.42. The lowest BCUT2D eigenvalue weighted by Gasteiger charge is -2.28. The molecule has 0 bridgehead atoms. The van der Waals surface area contributed by atoms with Crippen LogP contribution in [-0.4, -0.2) is 34.3 Å². The molecule has 1 aliphatic rings. The third-order valence-electron chi connectivity index (χ3n) is 3.75. The van der Waals surface area contributed by atoms with Crippen LogP contribution in [0.2, 0.25) is 0 Å². The molecular formula is C16H19N4OS+. The number of H-pyrrole nitrogens is 1. The summed E-state index contributed by atoms with van der Waals surface area (Å²) in [6, 6.07) is 0.160. The van der Waals surface area contributed by atoms with Crippen molar-refractivity contribution in [2.24, 2.45) is 0 Å².